The third kappa shape index (κ3) is 7.49. The Morgan fingerprint density at radius 3 is 2.14 bits per heavy atom. The third-order valence-corrected chi connectivity index (χ3v) is 5.99. The fourth-order valence-corrected chi connectivity index (χ4v) is 4.08. The second kappa shape index (κ2) is 9.32. The number of nitrogens with one attached hydrogen (secondary N) is 1. The molecule has 0 aromatic heterocycles. The highest BCUT2D eigenvalue weighted by atomic mass is 32.2. The van der Waals surface area contributed by atoms with Crippen LogP contribution < -0.4 is 5.43 Å². The summed E-state index contributed by atoms with van der Waals surface area (Å²) >= 11 is 0. The number of ketones is 1. The number of Topliss-reactive ketones (excluding diaryl/α,β-unsaturated/α-hetero) is 1. The lowest BCUT2D eigenvalue weighted by molar-refractivity contribution is -0.281. The normalized spacial score (nSPS) is 16.3. The first-order valence-corrected chi connectivity index (χ1v) is 10.4. The van der Waals surface area contributed by atoms with E-state index in [0.29, 0.717) is 12.8 Å². The molecule has 14 heteroatoms. The number of carbonyl (C=O) groups excluding carboxylic acids is 2. The molecule has 168 valence electrons. The number of aliphatic carboxylic acids is 1. The topological polar surface area (TPSA) is 121 Å². The van der Waals surface area contributed by atoms with E-state index in [1.807, 2.05) is 0 Å². The zero-order valence-corrected chi connectivity index (χ0v) is 16.2. The maximum Gasteiger partial charge on any atom is 0.454 e. The number of hydrogen-bond acceptors (Lipinski definition) is 6. The molecule has 1 saturated carbocycles. The van der Waals surface area contributed by atoms with Gasteiger partial charge >= 0.3 is 18.1 Å². The molecule has 2 N–H and O–H groups in total. The molecule has 0 aromatic carbocycles. The van der Waals surface area contributed by atoms with Crippen LogP contribution >= 0.6 is 0 Å². The molecule has 1 amide bonds. The van der Waals surface area contributed by atoms with Crippen LogP contribution in [-0.4, -0.2) is 72.4 Å². The molecule has 29 heavy (non-hydrogen) atoms. The maximum absolute atomic E-state index is 13.2. The van der Waals surface area contributed by atoms with Gasteiger partial charge < -0.3 is 5.11 Å². The van der Waals surface area contributed by atoms with E-state index in [1.54, 1.807) is 0 Å². The number of carboxylic acid groups (broad SMARTS) is 1. The molecule has 1 atom stereocenters. The molecule has 0 heterocycles. The van der Waals surface area contributed by atoms with Crippen molar-refractivity contribution < 1.29 is 49.9 Å². The Labute approximate surface area is 163 Å². The second-order valence-electron chi connectivity index (χ2n) is 6.70. The summed E-state index contributed by atoms with van der Waals surface area (Å²) in [6.45, 7) is -0.931. The van der Waals surface area contributed by atoms with E-state index in [9.17, 15) is 44.8 Å². The largest absolute Gasteiger partial charge is 0.475 e. The monoisotopic (exact) mass is 452 g/mol. The van der Waals surface area contributed by atoms with E-state index in [2.05, 4.69) is 0 Å². The standard InChI is InChI=1S/C15H21F5N2O6S/c1-2-10(12(24)13(25)26)22(21-8-14(16,17)15(18,19)20)11(23)5-6-29(27,28)7-9-3-4-9/h9-10,21H,2-8H2,1H3,(H,25,26)/t10-/m0/s1. The van der Waals surface area contributed by atoms with Crippen molar-refractivity contribution in [3.63, 3.8) is 0 Å². The maximum atomic E-state index is 13.2. The van der Waals surface area contributed by atoms with Crippen LogP contribution in [-0.2, 0) is 24.2 Å². The fourth-order valence-electron chi connectivity index (χ4n) is 2.37. The minimum atomic E-state index is -5.96. The van der Waals surface area contributed by atoms with Crippen molar-refractivity contribution in [3.8, 4) is 0 Å². The summed E-state index contributed by atoms with van der Waals surface area (Å²) in [5, 5.41) is 8.86. The lowest BCUT2D eigenvalue weighted by Gasteiger charge is -2.31. The van der Waals surface area contributed by atoms with Gasteiger partial charge in [-0.15, -0.1) is 0 Å². The summed E-state index contributed by atoms with van der Waals surface area (Å²) in [7, 11) is -3.69. The van der Waals surface area contributed by atoms with Gasteiger partial charge in [-0.2, -0.15) is 22.0 Å². The summed E-state index contributed by atoms with van der Waals surface area (Å²) < 4.78 is 87.3. The zero-order valence-electron chi connectivity index (χ0n) is 15.3. The molecule has 0 radical (unpaired) electrons. The summed E-state index contributed by atoms with van der Waals surface area (Å²) in [5.74, 6) is -11.2. The van der Waals surface area contributed by atoms with Crippen LogP contribution in [0.4, 0.5) is 22.0 Å². The minimum Gasteiger partial charge on any atom is -0.475 e. The van der Waals surface area contributed by atoms with Crippen molar-refractivity contribution in [2.75, 3.05) is 18.1 Å². The van der Waals surface area contributed by atoms with Crippen LogP contribution in [0.1, 0.15) is 32.6 Å². The van der Waals surface area contributed by atoms with Gasteiger partial charge in [-0.25, -0.2) is 18.6 Å². The van der Waals surface area contributed by atoms with E-state index in [4.69, 9.17) is 5.11 Å². The average molecular weight is 452 g/mol. The lowest BCUT2D eigenvalue weighted by Crippen LogP contribution is -2.58. The Morgan fingerprint density at radius 2 is 1.72 bits per heavy atom. The van der Waals surface area contributed by atoms with Gasteiger partial charge in [0.1, 0.15) is 6.04 Å². The average Bonchev–Trinajstić information content (AvgIpc) is 3.38. The van der Waals surface area contributed by atoms with Crippen LogP contribution in [0.3, 0.4) is 0 Å². The first-order chi connectivity index (χ1) is 13.1. The Morgan fingerprint density at radius 1 is 1.17 bits per heavy atom. The summed E-state index contributed by atoms with van der Waals surface area (Å²) in [4.78, 5) is 34.9. The van der Waals surface area contributed by atoms with Gasteiger partial charge in [-0.05, 0) is 25.2 Å². The highest BCUT2D eigenvalue weighted by Gasteiger charge is 2.57. The fraction of sp³-hybridized carbons (Fsp3) is 0.800. The van der Waals surface area contributed by atoms with Crippen molar-refractivity contribution in [1.82, 2.24) is 10.4 Å². The van der Waals surface area contributed by atoms with Crippen LogP contribution in [0.2, 0.25) is 0 Å². The Hall–Kier alpha value is -1.83. The molecule has 0 bridgehead atoms. The molecule has 0 unspecified atom stereocenters. The number of hydrogen-bond donors (Lipinski definition) is 2. The second-order valence-corrected chi connectivity index (χ2v) is 8.93. The van der Waals surface area contributed by atoms with E-state index >= 15 is 0 Å². The lowest BCUT2D eigenvalue weighted by atomic mass is 10.1. The van der Waals surface area contributed by atoms with Gasteiger partial charge in [0.25, 0.3) is 5.78 Å². The first-order valence-electron chi connectivity index (χ1n) is 8.59. The Balaban J connectivity index is 2.96. The SMILES string of the molecule is CC[C@@H](C(=O)C(=O)O)N(NCC(F)(F)C(F)(F)F)C(=O)CCS(=O)(=O)CC1CC1. The van der Waals surface area contributed by atoms with Crippen LogP contribution in [0.15, 0.2) is 0 Å². The number of rotatable bonds is 12. The molecule has 1 fully saturated rings. The number of carbonyl (C=O) groups is 3. The van der Waals surface area contributed by atoms with Crippen LogP contribution in [0.25, 0.3) is 0 Å². The molecule has 8 nitrogen and oxygen atoms in total. The smallest absolute Gasteiger partial charge is 0.454 e. The van der Waals surface area contributed by atoms with Gasteiger partial charge in [0.15, 0.2) is 9.84 Å². The van der Waals surface area contributed by atoms with Crippen molar-refractivity contribution in [2.45, 2.75) is 50.7 Å². The Bertz CT molecular complexity index is 736. The molecule has 0 aliphatic heterocycles. The van der Waals surface area contributed by atoms with Crippen molar-refractivity contribution in [2.24, 2.45) is 5.92 Å². The van der Waals surface area contributed by atoms with Gasteiger partial charge in [0.2, 0.25) is 5.91 Å². The predicted octanol–water partition coefficient (Wildman–Crippen LogP) is 1.16. The molecular formula is C15H21F5N2O6S. The Kier molecular flexibility index (Phi) is 8.10. The molecular weight excluding hydrogens is 431 g/mol. The molecule has 1 aliphatic carbocycles. The van der Waals surface area contributed by atoms with Crippen molar-refractivity contribution in [3.05, 3.63) is 0 Å². The molecule has 0 saturated heterocycles. The molecule has 0 aromatic rings. The van der Waals surface area contributed by atoms with Gasteiger partial charge in [-0.3, -0.25) is 14.6 Å². The number of halogens is 5. The van der Waals surface area contributed by atoms with Gasteiger partial charge in [0.05, 0.1) is 18.1 Å². The number of nitrogens with zero attached hydrogens (tertiary/aromatic N) is 1. The van der Waals surface area contributed by atoms with E-state index in [1.165, 1.54) is 12.3 Å². The van der Waals surface area contributed by atoms with Crippen molar-refractivity contribution >= 4 is 27.5 Å². The number of carboxylic acids is 1. The number of hydrazine groups is 1. The number of sulfone groups is 1. The predicted molar refractivity (Wildman–Crippen MR) is 88.6 cm³/mol. The summed E-state index contributed by atoms with van der Waals surface area (Å²) in [6.07, 6.45) is -5.78. The molecule has 0 spiro atoms. The zero-order chi connectivity index (χ0) is 22.6. The van der Waals surface area contributed by atoms with E-state index in [-0.39, 0.29) is 16.7 Å². The highest BCUT2D eigenvalue weighted by Crippen LogP contribution is 2.35. The molecule has 1 rings (SSSR count). The molecule has 1 aliphatic rings. The van der Waals surface area contributed by atoms with Crippen molar-refractivity contribution in [1.29, 1.82) is 0 Å². The van der Waals surface area contributed by atoms with Gasteiger partial charge in [0, 0.05) is 6.42 Å². The van der Waals surface area contributed by atoms with Crippen LogP contribution in [0, 0.1) is 5.92 Å². The number of alkyl halides is 5. The summed E-state index contributed by atoms with van der Waals surface area (Å²) in [6, 6.07) is -1.89. The van der Waals surface area contributed by atoms with Crippen LogP contribution in [0.5, 0.6) is 0 Å². The number of amides is 1. The first kappa shape index (κ1) is 25.2. The van der Waals surface area contributed by atoms with E-state index in [0.717, 1.165) is 0 Å². The quantitative estimate of drug-likeness (QED) is 0.259. The highest BCUT2D eigenvalue weighted by molar-refractivity contribution is 7.91. The summed E-state index contributed by atoms with van der Waals surface area (Å²) in [5.41, 5.74) is 1.48. The third-order valence-electron chi connectivity index (χ3n) is 4.18. The van der Waals surface area contributed by atoms with Gasteiger partial charge in [-0.1, -0.05) is 6.92 Å². The minimum absolute atomic E-state index is 0.0354. The van der Waals surface area contributed by atoms with E-state index < -0.39 is 70.8 Å².